The van der Waals surface area contributed by atoms with E-state index in [0.717, 1.165) is 38.5 Å². The molecule has 0 aliphatic rings. The summed E-state index contributed by atoms with van der Waals surface area (Å²) in [6, 6.07) is -0.626. The van der Waals surface area contributed by atoms with Gasteiger partial charge in [0.15, 0.2) is 0 Å². The molecule has 0 fully saturated rings. The van der Waals surface area contributed by atoms with E-state index in [0.29, 0.717) is 19.4 Å². The Morgan fingerprint density at radius 3 is 0.819 bits per heavy atom. The Hall–Kier alpha value is -1.40. The average molecular weight is 1170 g/mol. The van der Waals surface area contributed by atoms with Crippen LogP contribution in [0.25, 0.3) is 0 Å². The summed E-state index contributed by atoms with van der Waals surface area (Å²) in [5.41, 5.74) is 0. The first-order valence-electron chi connectivity index (χ1n) is 38.5. The summed E-state index contributed by atoms with van der Waals surface area (Å²) >= 11 is 0. The van der Waals surface area contributed by atoms with Gasteiger partial charge in [-0.1, -0.05) is 411 Å². The SMILES string of the molecule is CCCCCCCCCCCCCCCCCCCCCC/C=C/C(O)C(CO)NC(=O)CCCCCCCCCCCCCCCCCCCCCCCCCCCCCOC(=O)CCCCCCCCCCCCCCCCCCC. The van der Waals surface area contributed by atoms with E-state index < -0.39 is 12.1 Å². The maximum atomic E-state index is 12.5. The van der Waals surface area contributed by atoms with Gasteiger partial charge in [0.2, 0.25) is 5.91 Å². The second-order valence-electron chi connectivity index (χ2n) is 26.7. The number of hydrogen-bond acceptors (Lipinski definition) is 5. The second kappa shape index (κ2) is 73.1. The first-order chi connectivity index (χ1) is 41.0. The molecule has 2 atom stereocenters. The number of allylic oxidation sites excluding steroid dienone is 1. The summed E-state index contributed by atoms with van der Waals surface area (Å²) in [6.45, 7) is 4.97. The van der Waals surface area contributed by atoms with E-state index in [2.05, 4.69) is 19.2 Å². The van der Waals surface area contributed by atoms with Crippen molar-refractivity contribution in [3.8, 4) is 0 Å². The number of amides is 1. The van der Waals surface area contributed by atoms with Crippen LogP contribution in [0.5, 0.6) is 0 Å². The van der Waals surface area contributed by atoms with Crippen LogP contribution in [0.1, 0.15) is 444 Å². The fourth-order valence-corrected chi connectivity index (χ4v) is 12.5. The molecule has 6 nitrogen and oxygen atoms in total. The van der Waals surface area contributed by atoms with Crippen LogP contribution < -0.4 is 5.32 Å². The standard InChI is InChI=1S/C77H151NO5/c1-3-5-7-9-11-13-15-17-19-21-22-23-31-34-38-41-45-49-53-57-61-65-69-75(80)74(73-79)78-76(81)70-66-62-58-54-50-46-42-39-35-32-29-27-25-24-26-28-30-33-36-40-44-48-52-56-60-64-68-72-83-77(82)71-67-63-59-55-51-47-43-37-20-18-16-14-12-10-8-6-4-2/h65,69,74-75,79-80H,3-64,66-68,70-73H2,1-2H3,(H,78,81)/b69-65+. The predicted molar refractivity (Wildman–Crippen MR) is 366 cm³/mol. The summed E-state index contributed by atoms with van der Waals surface area (Å²) in [4.78, 5) is 24.7. The van der Waals surface area contributed by atoms with Gasteiger partial charge >= 0.3 is 5.97 Å². The van der Waals surface area contributed by atoms with Crippen LogP contribution in [-0.2, 0) is 14.3 Å². The van der Waals surface area contributed by atoms with Crippen molar-refractivity contribution in [2.24, 2.45) is 0 Å². The molecule has 0 heterocycles. The Labute approximate surface area is 520 Å². The molecule has 0 rings (SSSR count). The van der Waals surface area contributed by atoms with Crippen LogP contribution in [0.2, 0.25) is 0 Å². The third-order valence-electron chi connectivity index (χ3n) is 18.3. The number of aliphatic hydroxyl groups excluding tert-OH is 2. The molecule has 3 N–H and O–H groups in total. The topological polar surface area (TPSA) is 95.9 Å². The lowest BCUT2D eigenvalue weighted by Crippen LogP contribution is -2.45. The van der Waals surface area contributed by atoms with Crippen molar-refractivity contribution in [1.82, 2.24) is 5.32 Å². The number of unbranched alkanes of at least 4 members (excludes halogenated alkanes) is 62. The zero-order chi connectivity index (χ0) is 59.9. The first kappa shape index (κ1) is 81.6. The van der Waals surface area contributed by atoms with Gasteiger partial charge < -0.3 is 20.3 Å². The highest BCUT2D eigenvalue weighted by molar-refractivity contribution is 5.76. The maximum absolute atomic E-state index is 12.5. The Kier molecular flexibility index (Phi) is 71.8. The molecular weight excluding hydrogens is 1020 g/mol. The van der Waals surface area contributed by atoms with Gasteiger partial charge in [-0.25, -0.2) is 0 Å². The van der Waals surface area contributed by atoms with E-state index in [1.807, 2.05) is 6.08 Å². The molecule has 0 radical (unpaired) electrons. The lowest BCUT2D eigenvalue weighted by Gasteiger charge is -2.20. The van der Waals surface area contributed by atoms with Gasteiger partial charge in [0.05, 0.1) is 25.4 Å². The van der Waals surface area contributed by atoms with E-state index in [-0.39, 0.29) is 18.5 Å². The summed E-state index contributed by atoms with van der Waals surface area (Å²) in [5, 5.41) is 23.3. The Morgan fingerprint density at radius 2 is 0.554 bits per heavy atom. The number of hydrogen-bond donors (Lipinski definition) is 3. The fraction of sp³-hybridized carbons (Fsp3) is 0.948. The minimum atomic E-state index is -0.843. The first-order valence-corrected chi connectivity index (χ1v) is 38.5. The van der Waals surface area contributed by atoms with Crippen LogP contribution in [0, 0.1) is 0 Å². The smallest absolute Gasteiger partial charge is 0.305 e. The summed E-state index contributed by atoms with van der Waals surface area (Å²) in [7, 11) is 0. The van der Waals surface area contributed by atoms with Crippen molar-refractivity contribution < 1.29 is 24.5 Å². The number of ether oxygens (including phenoxy) is 1. The lowest BCUT2D eigenvalue weighted by atomic mass is 10.0. The molecule has 6 heteroatoms. The monoisotopic (exact) mass is 1170 g/mol. The minimum Gasteiger partial charge on any atom is -0.466 e. The Morgan fingerprint density at radius 1 is 0.325 bits per heavy atom. The van der Waals surface area contributed by atoms with E-state index in [9.17, 15) is 19.8 Å². The molecule has 0 aliphatic heterocycles. The highest BCUT2D eigenvalue weighted by atomic mass is 16.5. The number of nitrogens with one attached hydrogen (secondary N) is 1. The molecule has 0 saturated heterocycles. The van der Waals surface area contributed by atoms with Gasteiger partial charge in [0.25, 0.3) is 0 Å². The van der Waals surface area contributed by atoms with Gasteiger partial charge in [-0.2, -0.15) is 0 Å². The van der Waals surface area contributed by atoms with Crippen molar-refractivity contribution in [3.05, 3.63) is 12.2 Å². The highest BCUT2D eigenvalue weighted by Crippen LogP contribution is 2.20. The zero-order valence-corrected chi connectivity index (χ0v) is 56.7. The van der Waals surface area contributed by atoms with Crippen LogP contribution in [0.4, 0.5) is 0 Å². The number of rotatable bonds is 73. The van der Waals surface area contributed by atoms with E-state index in [1.54, 1.807) is 6.08 Å². The van der Waals surface area contributed by atoms with Crippen molar-refractivity contribution in [2.45, 2.75) is 456 Å². The molecule has 2 unspecified atom stereocenters. The van der Waals surface area contributed by atoms with Gasteiger partial charge in [-0.05, 0) is 32.1 Å². The van der Waals surface area contributed by atoms with E-state index >= 15 is 0 Å². The maximum Gasteiger partial charge on any atom is 0.305 e. The molecular formula is C77H151NO5. The molecule has 0 spiro atoms. The van der Waals surface area contributed by atoms with Crippen molar-refractivity contribution in [2.75, 3.05) is 13.2 Å². The predicted octanol–water partition coefficient (Wildman–Crippen LogP) is 25.1. The molecule has 0 bridgehead atoms. The number of esters is 1. The fourth-order valence-electron chi connectivity index (χ4n) is 12.5. The number of carbonyl (C=O) groups excluding carboxylic acids is 2. The van der Waals surface area contributed by atoms with Crippen LogP contribution in [-0.4, -0.2) is 47.4 Å². The average Bonchev–Trinajstić information content (AvgIpc) is 3.49. The van der Waals surface area contributed by atoms with E-state index in [1.165, 1.54) is 379 Å². The quantitative estimate of drug-likeness (QED) is 0.0320. The third-order valence-corrected chi connectivity index (χ3v) is 18.3. The molecule has 0 aromatic carbocycles. The van der Waals surface area contributed by atoms with Crippen molar-refractivity contribution in [3.63, 3.8) is 0 Å². The minimum absolute atomic E-state index is 0.0230. The molecule has 0 aromatic heterocycles. The van der Waals surface area contributed by atoms with Crippen LogP contribution in [0.3, 0.4) is 0 Å². The van der Waals surface area contributed by atoms with Gasteiger partial charge in [0, 0.05) is 12.8 Å². The summed E-state index contributed by atoms with van der Waals surface area (Å²) < 4.78 is 5.51. The van der Waals surface area contributed by atoms with Crippen molar-refractivity contribution in [1.29, 1.82) is 0 Å². The molecule has 0 saturated carbocycles. The molecule has 0 aliphatic carbocycles. The molecule has 494 valence electrons. The largest absolute Gasteiger partial charge is 0.466 e. The Bertz CT molecular complexity index is 1260. The van der Waals surface area contributed by atoms with Crippen LogP contribution >= 0.6 is 0 Å². The number of carbonyl (C=O) groups is 2. The van der Waals surface area contributed by atoms with Gasteiger partial charge in [-0.3, -0.25) is 9.59 Å². The second-order valence-corrected chi connectivity index (χ2v) is 26.7. The van der Waals surface area contributed by atoms with Crippen LogP contribution in [0.15, 0.2) is 12.2 Å². The Balaban J connectivity index is 3.36. The normalized spacial score (nSPS) is 12.5. The van der Waals surface area contributed by atoms with E-state index in [4.69, 9.17) is 4.74 Å². The molecule has 0 aromatic rings. The van der Waals surface area contributed by atoms with Gasteiger partial charge in [-0.15, -0.1) is 0 Å². The lowest BCUT2D eigenvalue weighted by molar-refractivity contribution is -0.143. The summed E-state index contributed by atoms with van der Waals surface area (Å²) in [6.07, 6.45) is 91.7. The molecule has 83 heavy (non-hydrogen) atoms. The highest BCUT2D eigenvalue weighted by Gasteiger charge is 2.18. The van der Waals surface area contributed by atoms with Crippen molar-refractivity contribution >= 4 is 11.9 Å². The summed E-state index contributed by atoms with van der Waals surface area (Å²) in [5.74, 6) is -0.0370. The third kappa shape index (κ3) is 69.6. The molecule has 1 amide bonds. The number of aliphatic hydroxyl groups is 2. The van der Waals surface area contributed by atoms with Gasteiger partial charge in [0.1, 0.15) is 0 Å². The zero-order valence-electron chi connectivity index (χ0n) is 56.7.